The predicted octanol–water partition coefficient (Wildman–Crippen LogP) is 0.650. The largest absolute Gasteiger partial charge is 0.397 e. The molecule has 16 heavy (non-hydrogen) atoms. The fourth-order valence-corrected chi connectivity index (χ4v) is 1.21. The molecule has 1 amide bonds. The number of nitrogens with two attached hydrogens (primary N) is 1. The first-order chi connectivity index (χ1) is 7.65. The Morgan fingerprint density at radius 1 is 1.44 bits per heavy atom. The average Bonchev–Trinajstić information content (AvgIpc) is 2.68. The molecule has 0 bridgehead atoms. The third-order valence-electron chi connectivity index (χ3n) is 2.00. The van der Waals surface area contributed by atoms with Crippen LogP contribution in [0.2, 0.25) is 0 Å². The van der Waals surface area contributed by atoms with Crippen LogP contribution >= 0.6 is 0 Å². The number of rotatable bonds is 2. The van der Waals surface area contributed by atoms with Crippen LogP contribution in [0.15, 0.2) is 30.7 Å². The van der Waals surface area contributed by atoms with Crippen LogP contribution in [0.3, 0.4) is 0 Å². The first-order valence-electron chi connectivity index (χ1n) is 4.66. The molecule has 3 N–H and O–H groups in total. The first kappa shape index (κ1) is 10.2. The maximum Gasteiger partial charge on any atom is 0.260 e. The van der Waals surface area contributed by atoms with Crippen molar-refractivity contribution in [3.05, 3.63) is 36.3 Å². The van der Waals surface area contributed by atoms with Crippen LogP contribution in [-0.4, -0.2) is 20.7 Å². The molecule has 0 aliphatic heterocycles. The number of carbonyl (C=O) groups is 1. The molecule has 2 rings (SSSR count). The van der Waals surface area contributed by atoms with Gasteiger partial charge in [0.1, 0.15) is 5.82 Å². The number of nitrogen functional groups attached to an aromatic ring is 1. The Morgan fingerprint density at radius 2 is 2.25 bits per heavy atom. The molecule has 2 aromatic rings. The fraction of sp³-hybridized carbons (Fsp3) is 0.100. The number of amides is 1. The van der Waals surface area contributed by atoms with Crippen LogP contribution in [0.25, 0.3) is 0 Å². The van der Waals surface area contributed by atoms with Gasteiger partial charge in [-0.3, -0.25) is 9.48 Å². The highest BCUT2D eigenvalue weighted by atomic mass is 16.1. The molecule has 0 saturated carbocycles. The van der Waals surface area contributed by atoms with Gasteiger partial charge >= 0.3 is 0 Å². The Balaban J connectivity index is 2.10. The van der Waals surface area contributed by atoms with Crippen molar-refractivity contribution in [2.75, 3.05) is 11.1 Å². The van der Waals surface area contributed by atoms with Crippen LogP contribution < -0.4 is 11.1 Å². The molecule has 6 nitrogen and oxygen atoms in total. The van der Waals surface area contributed by atoms with E-state index in [4.69, 9.17) is 5.73 Å². The summed E-state index contributed by atoms with van der Waals surface area (Å²) in [6.45, 7) is 0. The van der Waals surface area contributed by atoms with Gasteiger partial charge in [-0.15, -0.1) is 0 Å². The number of nitrogens with one attached hydrogen (secondary N) is 1. The van der Waals surface area contributed by atoms with Crippen molar-refractivity contribution >= 4 is 17.4 Å². The minimum atomic E-state index is -0.245. The molecule has 0 aliphatic carbocycles. The van der Waals surface area contributed by atoms with Crippen molar-refractivity contribution in [1.29, 1.82) is 0 Å². The maximum atomic E-state index is 11.7. The quantitative estimate of drug-likeness (QED) is 0.773. The lowest BCUT2D eigenvalue weighted by molar-refractivity contribution is 0.102. The highest BCUT2D eigenvalue weighted by Crippen LogP contribution is 2.07. The Bertz CT molecular complexity index is 502. The lowest BCUT2D eigenvalue weighted by Gasteiger charge is -2.02. The van der Waals surface area contributed by atoms with Gasteiger partial charge in [0.05, 0.1) is 23.6 Å². The van der Waals surface area contributed by atoms with Crippen molar-refractivity contribution in [1.82, 2.24) is 14.8 Å². The number of nitrogens with zero attached hydrogens (tertiary/aromatic N) is 3. The molecule has 82 valence electrons. The van der Waals surface area contributed by atoms with Crippen LogP contribution in [0, 0.1) is 0 Å². The first-order valence-corrected chi connectivity index (χ1v) is 4.66. The number of aryl methyl sites for hydroxylation is 1. The van der Waals surface area contributed by atoms with Gasteiger partial charge in [0.2, 0.25) is 0 Å². The summed E-state index contributed by atoms with van der Waals surface area (Å²) in [6, 6.07) is 3.31. The molecule has 6 heteroatoms. The minimum Gasteiger partial charge on any atom is -0.397 e. The van der Waals surface area contributed by atoms with E-state index < -0.39 is 0 Å². The zero-order valence-electron chi connectivity index (χ0n) is 8.71. The lowest BCUT2D eigenvalue weighted by Crippen LogP contribution is -2.12. The summed E-state index contributed by atoms with van der Waals surface area (Å²) in [5, 5.41) is 6.55. The van der Waals surface area contributed by atoms with E-state index in [1.54, 1.807) is 30.1 Å². The number of hydrogen-bond acceptors (Lipinski definition) is 4. The second-order valence-corrected chi connectivity index (χ2v) is 3.33. The molecule has 0 unspecified atom stereocenters. The van der Waals surface area contributed by atoms with Gasteiger partial charge in [-0.2, -0.15) is 5.10 Å². The van der Waals surface area contributed by atoms with Crippen LogP contribution in [-0.2, 0) is 7.05 Å². The fourth-order valence-electron chi connectivity index (χ4n) is 1.21. The Labute approximate surface area is 92.1 Å². The average molecular weight is 217 g/mol. The van der Waals surface area contributed by atoms with Gasteiger partial charge in [0.15, 0.2) is 0 Å². The molecule has 2 aromatic heterocycles. The number of hydrogen-bond donors (Lipinski definition) is 2. The van der Waals surface area contributed by atoms with Crippen molar-refractivity contribution in [2.45, 2.75) is 0 Å². The van der Waals surface area contributed by atoms with Crippen molar-refractivity contribution in [2.24, 2.45) is 7.05 Å². The SMILES string of the molecule is Cn1cc(C(=O)Nc2ccc(N)cn2)cn1. The Kier molecular flexibility index (Phi) is 2.55. The normalized spacial score (nSPS) is 10.1. The van der Waals surface area contributed by atoms with Gasteiger partial charge in [-0.25, -0.2) is 4.98 Å². The highest BCUT2D eigenvalue weighted by Gasteiger charge is 2.08. The lowest BCUT2D eigenvalue weighted by atomic mass is 10.3. The van der Waals surface area contributed by atoms with Crippen molar-refractivity contribution < 1.29 is 4.79 Å². The zero-order chi connectivity index (χ0) is 11.5. The third-order valence-corrected chi connectivity index (χ3v) is 2.00. The second kappa shape index (κ2) is 4.01. The van der Waals surface area contributed by atoms with Crippen LogP contribution in [0.4, 0.5) is 11.5 Å². The van der Waals surface area contributed by atoms with E-state index in [9.17, 15) is 4.79 Å². The Morgan fingerprint density at radius 3 is 2.81 bits per heavy atom. The molecule has 0 atom stereocenters. The van der Waals surface area contributed by atoms with Gasteiger partial charge in [0, 0.05) is 13.2 Å². The van der Waals surface area contributed by atoms with Gasteiger partial charge in [-0.1, -0.05) is 0 Å². The van der Waals surface area contributed by atoms with E-state index >= 15 is 0 Å². The molecule has 0 radical (unpaired) electrons. The summed E-state index contributed by atoms with van der Waals surface area (Å²) in [5.74, 6) is 0.216. The molecule has 0 aromatic carbocycles. The molecule has 0 aliphatic rings. The van der Waals surface area contributed by atoms with E-state index in [1.165, 1.54) is 12.4 Å². The third kappa shape index (κ3) is 2.17. The second-order valence-electron chi connectivity index (χ2n) is 3.33. The summed E-state index contributed by atoms with van der Waals surface area (Å²) in [5.41, 5.74) is 6.53. The minimum absolute atomic E-state index is 0.245. The van der Waals surface area contributed by atoms with Crippen LogP contribution in [0.5, 0.6) is 0 Å². The molecular formula is C10H11N5O. The maximum absolute atomic E-state index is 11.7. The molecule has 0 saturated heterocycles. The number of carbonyl (C=O) groups excluding carboxylic acids is 1. The molecular weight excluding hydrogens is 206 g/mol. The summed E-state index contributed by atoms with van der Waals surface area (Å²) < 4.78 is 1.56. The summed E-state index contributed by atoms with van der Waals surface area (Å²) >= 11 is 0. The highest BCUT2D eigenvalue weighted by molar-refractivity contribution is 6.03. The van der Waals surface area contributed by atoms with E-state index in [0.717, 1.165) is 0 Å². The molecule has 0 spiro atoms. The predicted molar refractivity (Wildman–Crippen MR) is 59.8 cm³/mol. The standard InChI is InChI=1S/C10H11N5O/c1-15-6-7(4-13-15)10(16)14-9-3-2-8(11)5-12-9/h2-6H,11H2,1H3,(H,12,14,16). The number of pyridine rings is 1. The number of aromatic nitrogens is 3. The van der Waals surface area contributed by atoms with E-state index in [1.807, 2.05) is 0 Å². The monoisotopic (exact) mass is 217 g/mol. The molecule has 2 heterocycles. The van der Waals surface area contributed by atoms with E-state index in [2.05, 4.69) is 15.4 Å². The van der Waals surface area contributed by atoms with Crippen molar-refractivity contribution in [3.63, 3.8) is 0 Å². The topological polar surface area (TPSA) is 85.8 Å². The van der Waals surface area contributed by atoms with E-state index in [-0.39, 0.29) is 5.91 Å². The molecule has 0 fully saturated rings. The smallest absolute Gasteiger partial charge is 0.260 e. The summed E-state index contributed by atoms with van der Waals surface area (Å²) in [6.07, 6.45) is 4.61. The summed E-state index contributed by atoms with van der Waals surface area (Å²) in [7, 11) is 1.75. The van der Waals surface area contributed by atoms with Gasteiger partial charge < -0.3 is 11.1 Å². The number of anilines is 2. The zero-order valence-corrected chi connectivity index (χ0v) is 8.71. The van der Waals surface area contributed by atoms with E-state index in [0.29, 0.717) is 17.1 Å². The summed E-state index contributed by atoms with van der Waals surface area (Å²) in [4.78, 5) is 15.6. The van der Waals surface area contributed by atoms with Crippen LogP contribution in [0.1, 0.15) is 10.4 Å². The van der Waals surface area contributed by atoms with Gasteiger partial charge in [-0.05, 0) is 12.1 Å². The Hall–Kier alpha value is -2.37. The van der Waals surface area contributed by atoms with Gasteiger partial charge in [0.25, 0.3) is 5.91 Å². The van der Waals surface area contributed by atoms with Crippen molar-refractivity contribution in [3.8, 4) is 0 Å².